The van der Waals surface area contributed by atoms with Crippen LogP contribution in [-0.4, -0.2) is 40.2 Å². The zero-order valence-corrected chi connectivity index (χ0v) is 13.8. The molecule has 1 aliphatic rings. The van der Waals surface area contributed by atoms with Crippen LogP contribution in [0.1, 0.15) is 5.56 Å². The van der Waals surface area contributed by atoms with Crippen LogP contribution in [0.25, 0.3) is 11.0 Å². The van der Waals surface area contributed by atoms with Crippen molar-refractivity contribution in [2.45, 2.75) is 4.34 Å². The van der Waals surface area contributed by atoms with Crippen molar-refractivity contribution in [3.8, 4) is 0 Å². The number of nitrogens with two attached hydrogens (primary N) is 1. The zero-order chi connectivity index (χ0) is 17.6. The van der Waals surface area contributed by atoms with E-state index in [2.05, 4.69) is 10.1 Å². The second-order valence-electron chi connectivity index (χ2n) is 4.92. The van der Waals surface area contributed by atoms with Gasteiger partial charge in [-0.2, -0.15) is 9.50 Å². The van der Waals surface area contributed by atoms with Gasteiger partial charge in [0.25, 0.3) is 5.56 Å². The molecule has 11 heteroatoms. The van der Waals surface area contributed by atoms with E-state index >= 15 is 0 Å². The van der Waals surface area contributed by atoms with Crippen molar-refractivity contribution in [3.63, 3.8) is 0 Å². The molecule has 0 bridgehead atoms. The standard InChI is InChI=1S/C13H10N4O5S2/c1-24(21,22)13-16-17-10(14)7(11(20)15-12(17)23-13)4-6-2-3-8(18)9(19)5-6/h2-5,19H,14H2,1H3/b6-4-. The van der Waals surface area contributed by atoms with Crippen LogP contribution in [0.4, 0.5) is 5.82 Å². The van der Waals surface area contributed by atoms with Gasteiger partial charge in [-0.3, -0.25) is 9.59 Å². The smallest absolute Gasteiger partial charge is 0.283 e. The summed E-state index contributed by atoms with van der Waals surface area (Å²) in [7, 11) is -3.57. The Kier molecular flexibility index (Phi) is 3.61. The van der Waals surface area contributed by atoms with Gasteiger partial charge in [0.05, 0.1) is 5.56 Å². The highest BCUT2D eigenvalue weighted by Gasteiger charge is 2.19. The van der Waals surface area contributed by atoms with E-state index in [-0.39, 0.29) is 20.7 Å². The van der Waals surface area contributed by atoms with E-state index in [1.54, 1.807) is 0 Å². The Labute approximate surface area is 139 Å². The summed E-state index contributed by atoms with van der Waals surface area (Å²) in [5.41, 5.74) is 5.56. The predicted octanol–water partition coefficient (Wildman–Crippen LogP) is 0.101. The van der Waals surface area contributed by atoms with Crippen molar-refractivity contribution in [3.05, 3.63) is 45.5 Å². The molecular weight excluding hydrogens is 356 g/mol. The molecule has 3 N–H and O–H groups in total. The lowest BCUT2D eigenvalue weighted by Crippen LogP contribution is -2.17. The molecule has 0 spiro atoms. The molecule has 3 rings (SSSR count). The Bertz CT molecular complexity index is 1140. The van der Waals surface area contributed by atoms with Crippen LogP contribution in [0.15, 0.2) is 38.7 Å². The van der Waals surface area contributed by atoms with Crippen molar-refractivity contribution in [1.82, 2.24) is 14.6 Å². The molecule has 0 saturated carbocycles. The third-order valence-electron chi connectivity index (χ3n) is 3.08. The highest BCUT2D eigenvalue weighted by atomic mass is 32.2. The van der Waals surface area contributed by atoms with Crippen molar-refractivity contribution in [2.24, 2.45) is 0 Å². The maximum atomic E-state index is 12.1. The Hall–Kier alpha value is -2.79. The SMILES string of the molecule is CS(=O)(=O)c1nn2c(N)c(/C=C3/C=CC(=O)C(O)=C3)c(=O)nc2s1. The monoisotopic (exact) mass is 366 g/mol. The average molecular weight is 366 g/mol. The molecule has 0 amide bonds. The van der Waals surface area contributed by atoms with Gasteiger partial charge in [0.1, 0.15) is 5.82 Å². The average Bonchev–Trinajstić information content (AvgIpc) is 2.91. The molecule has 124 valence electrons. The summed E-state index contributed by atoms with van der Waals surface area (Å²) in [6.45, 7) is 0. The molecule has 0 aromatic carbocycles. The minimum atomic E-state index is -3.57. The fourth-order valence-corrected chi connectivity index (χ4v) is 3.63. The lowest BCUT2D eigenvalue weighted by Gasteiger charge is -2.05. The number of sulfone groups is 1. The first-order valence-corrected chi connectivity index (χ1v) is 9.12. The Morgan fingerprint density at radius 3 is 2.67 bits per heavy atom. The number of aliphatic hydroxyl groups is 1. The van der Waals surface area contributed by atoms with Gasteiger partial charge in [0.15, 0.2) is 5.76 Å². The highest BCUT2D eigenvalue weighted by Crippen LogP contribution is 2.22. The quantitative estimate of drug-likeness (QED) is 0.761. The lowest BCUT2D eigenvalue weighted by atomic mass is 10.1. The molecular formula is C13H10N4O5S2. The van der Waals surface area contributed by atoms with Crippen molar-refractivity contribution < 1.29 is 18.3 Å². The molecule has 2 aromatic heterocycles. The molecule has 0 unspecified atom stereocenters. The van der Waals surface area contributed by atoms with Crippen LogP contribution in [0.2, 0.25) is 0 Å². The van der Waals surface area contributed by atoms with Crippen LogP contribution in [0.5, 0.6) is 0 Å². The van der Waals surface area contributed by atoms with Gasteiger partial charge in [0, 0.05) is 6.26 Å². The van der Waals surface area contributed by atoms with E-state index in [0.717, 1.165) is 28.2 Å². The summed E-state index contributed by atoms with van der Waals surface area (Å²) in [5, 5.41) is 13.3. The van der Waals surface area contributed by atoms with Gasteiger partial charge in [-0.25, -0.2) is 8.42 Å². The fraction of sp³-hybridized carbons (Fsp3) is 0.0769. The number of aromatic nitrogens is 3. The van der Waals surface area contributed by atoms with Crippen LogP contribution >= 0.6 is 11.3 Å². The van der Waals surface area contributed by atoms with E-state index in [1.807, 2.05) is 0 Å². The lowest BCUT2D eigenvalue weighted by molar-refractivity contribution is -0.113. The topological polar surface area (TPSA) is 145 Å². The zero-order valence-electron chi connectivity index (χ0n) is 12.1. The molecule has 1 aliphatic carbocycles. The van der Waals surface area contributed by atoms with E-state index in [9.17, 15) is 23.1 Å². The molecule has 2 heterocycles. The number of allylic oxidation sites excluding steroid dienone is 4. The minimum Gasteiger partial charge on any atom is -0.504 e. The molecule has 24 heavy (non-hydrogen) atoms. The van der Waals surface area contributed by atoms with Gasteiger partial charge < -0.3 is 10.8 Å². The molecule has 0 saturated heterocycles. The number of aliphatic hydroxyl groups excluding tert-OH is 1. The van der Waals surface area contributed by atoms with Gasteiger partial charge in [0.2, 0.25) is 24.9 Å². The molecule has 2 aromatic rings. The normalized spacial score (nSPS) is 16.8. The van der Waals surface area contributed by atoms with Crippen LogP contribution in [-0.2, 0) is 14.6 Å². The molecule has 0 radical (unpaired) electrons. The summed E-state index contributed by atoms with van der Waals surface area (Å²) in [5.74, 6) is -1.12. The van der Waals surface area contributed by atoms with Crippen LogP contribution in [0.3, 0.4) is 0 Å². The van der Waals surface area contributed by atoms with Crippen molar-refractivity contribution in [1.29, 1.82) is 0 Å². The number of rotatable bonds is 2. The van der Waals surface area contributed by atoms with Gasteiger partial charge >= 0.3 is 0 Å². The third-order valence-corrected chi connectivity index (χ3v) is 5.66. The van der Waals surface area contributed by atoms with Crippen molar-refractivity contribution >= 4 is 43.8 Å². The summed E-state index contributed by atoms with van der Waals surface area (Å²) < 4.78 is 24.0. The number of hydrogen-bond acceptors (Lipinski definition) is 9. The van der Waals surface area contributed by atoms with Crippen molar-refractivity contribution in [2.75, 3.05) is 12.0 Å². The van der Waals surface area contributed by atoms with Gasteiger partial charge in [-0.05, 0) is 23.8 Å². The summed E-state index contributed by atoms with van der Waals surface area (Å²) in [6.07, 6.45) is 6.04. The summed E-state index contributed by atoms with van der Waals surface area (Å²) >= 11 is 0.730. The second kappa shape index (κ2) is 5.39. The number of nitrogen functional groups attached to an aromatic ring is 1. The predicted molar refractivity (Wildman–Crippen MR) is 87.5 cm³/mol. The summed E-state index contributed by atoms with van der Waals surface area (Å²) in [4.78, 5) is 27.2. The maximum absolute atomic E-state index is 12.1. The second-order valence-corrected chi connectivity index (χ2v) is 8.07. The number of anilines is 1. The van der Waals surface area contributed by atoms with E-state index in [4.69, 9.17) is 5.73 Å². The Morgan fingerprint density at radius 2 is 2.04 bits per heavy atom. The van der Waals surface area contributed by atoms with Gasteiger partial charge in [-0.15, -0.1) is 5.10 Å². The number of hydrogen-bond donors (Lipinski definition) is 2. The van der Waals surface area contributed by atoms with Crippen LogP contribution < -0.4 is 11.3 Å². The first kappa shape index (κ1) is 16.1. The number of nitrogens with zero attached hydrogens (tertiary/aromatic N) is 3. The summed E-state index contributed by atoms with van der Waals surface area (Å²) in [6, 6.07) is 0. The highest BCUT2D eigenvalue weighted by molar-refractivity contribution is 7.92. The van der Waals surface area contributed by atoms with Gasteiger partial charge in [-0.1, -0.05) is 17.4 Å². The van der Waals surface area contributed by atoms with E-state index in [0.29, 0.717) is 5.57 Å². The van der Waals surface area contributed by atoms with E-state index < -0.39 is 26.9 Å². The molecule has 0 aliphatic heterocycles. The number of fused-ring (bicyclic) bond motifs is 1. The molecule has 0 fully saturated rings. The molecule has 0 atom stereocenters. The first-order valence-electron chi connectivity index (χ1n) is 6.41. The first-order chi connectivity index (χ1) is 11.2. The minimum absolute atomic E-state index is 0.0316. The van der Waals surface area contributed by atoms with E-state index in [1.165, 1.54) is 18.2 Å². The number of carbonyl (C=O) groups excluding carboxylic acids is 1. The number of ketones is 1. The maximum Gasteiger partial charge on any atom is 0.283 e. The Morgan fingerprint density at radius 1 is 1.33 bits per heavy atom. The van der Waals surface area contributed by atoms with Crippen LogP contribution in [0, 0.1) is 0 Å². The fourth-order valence-electron chi connectivity index (χ4n) is 1.94. The molecule has 9 nitrogen and oxygen atoms in total. The largest absolute Gasteiger partial charge is 0.504 e. The third kappa shape index (κ3) is 2.74. The number of carbonyl (C=O) groups is 1. The Balaban J connectivity index is 2.22.